The molecule has 0 saturated heterocycles. The van der Waals surface area contributed by atoms with Crippen molar-refractivity contribution >= 4 is 0 Å². The molecular formula is C14H16O2. The summed E-state index contributed by atoms with van der Waals surface area (Å²) in [6, 6.07) is 7.89. The van der Waals surface area contributed by atoms with Crippen molar-refractivity contribution in [2.45, 2.75) is 31.8 Å². The molecule has 1 aliphatic carbocycles. The van der Waals surface area contributed by atoms with Gasteiger partial charge in [-0.05, 0) is 37.5 Å². The molecule has 1 aromatic carbocycles. The van der Waals surface area contributed by atoms with Gasteiger partial charge in [0.25, 0.3) is 0 Å². The third kappa shape index (κ3) is 3.60. The fraction of sp³-hybridized carbons (Fsp3) is 0.429. The van der Waals surface area contributed by atoms with E-state index in [1.807, 2.05) is 24.3 Å². The molecule has 2 nitrogen and oxygen atoms in total. The minimum Gasteiger partial charge on any atom is -0.490 e. The fourth-order valence-electron chi connectivity index (χ4n) is 1.36. The number of unbranched alkanes of at least 4 members (excludes halogenated alkanes) is 1. The zero-order chi connectivity index (χ0) is 11.2. The second kappa shape index (κ2) is 5.58. The second-order valence-electron chi connectivity index (χ2n) is 3.97. The van der Waals surface area contributed by atoms with E-state index in [0.717, 1.165) is 24.2 Å². The van der Waals surface area contributed by atoms with Gasteiger partial charge in [-0.2, -0.15) is 0 Å². The van der Waals surface area contributed by atoms with Gasteiger partial charge >= 0.3 is 0 Å². The van der Waals surface area contributed by atoms with E-state index in [1.54, 1.807) is 0 Å². The van der Waals surface area contributed by atoms with Crippen molar-refractivity contribution in [3.63, 3.8) is 0 Å². The van der Waals surface area contributed by atoms with Crippen LogP contribution >= 0.6 is 0 Å². The van der Waals surface area contributed by atoms with Crippen molar-refractivity contribution in [3.8, 4) is 17.6 Å². The molecule has 0 amide bonds. The van der Waals surface area contributed by atoms with Crippen molar-refractivity contribution in [2.75, 3.05) is 6.61 Å². The van der Waals surface area contributed by atoms with Gasteiger partial charge < -0.3 is 9.84 Å². The van der Waals surface area contributed by atoms with Crippen LogP contribution in [-0.4, -0.2) is 17.8 Å². The molecule has 1 fully saturated rings. The maximum atomic E-state index is 8.63. The van der Waals surface area contributed by atoms with Crippen LogP contribution in [0.4, 0.5) is 0 Å². The minimum absolute atomic E-state index is 0.208. The number of benzene rings is 1. The van der Waals surface area contributed by atoms with Crippen LogP contribution in [-0.2, 0) is 0 Å². The van der Waals surface area contributed by atoms with Crippen LogP contribution in [0.25, 0.3) is 0 Å². The monoisotopic (exact) mass is 216 g/mol. The number of ether oxygens (including phenoxy) is 1. The molecule has 2 rings (SSSR count). The van der Waals surface area contributed by atoms with Gasteiger partial charge in [-0.15, -0.1) is 0 Å². The van der Waals surface area contributed by atoms with Crippen LogP contribution in [0.15, 0.2) is 24.3 Å². The highest BCUT2D eigenvalue weighted by molar-refractivity contribution is 5.39. The molecule has 0 aromatic heterocycles. The quantitative estimate of drug-likeness (QED) is 0.618. The number of aliphatic hydroxyl groups is 1. The molecule has 0 heterocycles. The minimum atomic E-state index is 0.208. The largest absolute Gasteiger partial charge is 0.490 e. The van der Waals surface area contributed by atoms with Gasteiger partial charge in [-0.25, -0.2) is 0 Å². The highest BCUT2D eigenvalue weighted by Gasteiger charge is 2.23. The molecule has 16 heavy (non-hydrogen) atoms. The molecule has 84 valence electrons. The maximum absolute atomic E-state index is 8.63. The second-order valence-corrected chi connectivity index (χ2v) is 3.97. The molecule has 0 aliphatic heterocycles. The highest BCUT2D eigenvalue weighted by Crippen LogP contribution is 2.26. The van der Waals surface area contributed by atoms with Crippen LogP contribution in [0.5, 0.6) is 5.75 Å². The van der Waals surface area contributed by atoms with E-state index in [-0.39, 0.29) is 6.61 Å². The standard InChI is InChI=1S/C14H16O2/c15-10-3-1-2-5-12-6-4-7-14(11-12)16-13-8-9-13/h4,6-7,11,13,15H,1,3,8-10H2. The molecule has 2 heteroatoms. The lowest BCUT2D eigenvalue weighted by Gasteiger charge is -2.03. The summed E-state index contributed by atoms with van der Waals surface area (Å²) in [4.78, 5) is 0. The van der Waals surface area contributed by atoms with Crippen molar-refractivity contribution in [3.05, 3.63) is 29.8 Å². The summed E-state index contributed by atoms with van der Waals surface area (Å²) in [5.74, 6) is 7.02. The highest BCUT2D eigenvalue weighted by atomic mass is 16.5. The number of hydrogen-bond donors (Lipinski definition) is 1. The predicted octanol–water partition coefficient (Wildman–Crippen LogP) is 2.35. The summed E-state index contributed by atoms with van der Waals surface area (Å²) in [5.41, 5.74) is 0.982. The Morgan fingerprint density at radius 1 is 1.38 bits per heavy atom. The van der Waals surface area contributed by atoms with Crippen LogP contribution in [0.2, 0.25) is 0 Å². The van der Waals surface area contributed by atoms with E-state index >= 15 is 0 Å². The van der Waals surface area contributed by atoms with E-state index in [4.69, 9.17) is 9.84 Å². The van der Waals surface area contributed by atoms with Crippen molar-refractivity contribution in [1.29, 1.82) is 0 Å². The summed E-state index contributed by atoms with van der Waals surface area (Å²) in [7, 11) is 0. The molecular weight excluding hydrogens is 200 g/mol. The Kier molecular flexibility index (Phi) is 3.85. The number of hydrogen-bond acceptors (Lipinski definition) is 2. The number of aliphatic hydroxyl groups excluding tert-OH is 1. The Labute approximate surface area is 96.3 Å². The average molecular weight is 216 g/mol. The number of rotatable bonds is 4. The van der Waals surface area contributed by atoms with E-state index in [1.165, 1.54) is 12.8 Å². The Balaban J connectivity index is 1.93. The van der Waals surface area contributed by atoms with E-state index in [0.29, 0.717) is 6.10 Å². The summed E-state index contributed by atoms with van der Waals surface area (Å²) in [6.07, 6.45) is 4.26. The Morgan fingerprint density at radius 2 is 2.25 bits per heavy atom. The molecule has 0 bridgehead atoms. The van der Waals surface area contributed by atoms with Crippen LogP contribution in [0.1, 0.15) is 31.2 Å². The van der Waals surface area contributed by atoms with E-state index in [9.17, 15) is 0 Å². The van der Waals surface area contributed by atoms with Crippen molar-refractivity contribution in [1.82, 2.24) is 0 Å². The van der Waals surface area contributed by atoms with Crippen LogP contribution in [0.3, 0.4) is 0 Å². The van der Waals surface area contributed by atoms with Gasteiger partial charge in [0.05, 0.1) is 6.10 Å². The van der Waals surface area contributed by atoms with Crippen LogP contribution < -0.4 is 4.74 Å². The lowest BCUT2D eigenvalue weighted by molar-refractivity contribution is 0.290. The zero-order valence-electron chi connectivity index (χ0n) is 9.28. The third-order valence-corrected chi connectivity index (χ3v) is 2.35. The summed E-state index contributed by atoms with van der Waals surface area (Å²) in [5, 5.41) is 8.63. The van der Waals surface area contributed by atoms with Crippen molar-refractivity contribution in [2.24, 2.45) is 0 Å². The normalized spacial score (nSPS) is 14.1. The molecule has 0 atom stereocenters. The van der Waals surface area contributed by atoms with E-state index in [2.05, 4.69) is 11.8 Å². The summed E-state index contributed by atoms with van der Waals surface area (Å²) >= 11 is 0. The first-order valence-electron chi connectivity index (χ1n) is 5.75. The molecule has 0 radical (unpaired) electrons. The van der Waals surface area contributed by atoms with Crippen molar-refractivity contribution < 1.29 is 9.84 Å². The summed E-state index contributed by atoms with van der Waals surface area (Å²) in [6.45, 7) is 0.208. The van der Waals surface area contributed by atoms with Gasteiger partial charge in [-0.3, -0.25) is 0 Å². The van der Waals surface area contributed by atoms with Gasteiger partial charge in [0.1, 0.15) is 5.75 Å². The topological polar surface area (TPSA) is 29.5 Å². The molecule has 1 aromatic rings. The Hall–Kier alpha value is -1.46. The lowest BCUT2D eigenvalue weighted by Crippen LogP contribution is -1.95. The Morgan fingerprint density at radius 3 is 3.00 bits per heavy atom. The molecule has 0 unspecified atom stereocenters. The Bertz CT molecular complexity index is 397. The lowest BCUT2D eigenvalue weighted by atomic mass is 10.2. The van der Waals surface area contributed by atoms with Crippen LogP contribution in [0, 0.1) is 11.8 Å². The molecule has 1 aliphatic rings. The zero-order valence-corrected chi connectivity index (χ0v) is 9.28. The fourth-order valence-corrected chi connectivity index (χ4v) is 1.36. The van der Waals surface area contributed by atoms with Gasteiger partial charge in [0.2, 0.25) is 0 Å². The first-order valence-corrected chi connectivity index (χ1v) is 5.75. The third-order valence-electron chi connectivity index (χ3n) is 2.35. The predicted molar refractivity (Wildman–Crippen MR) is 63.3 cm³/mol. The van der Waals surface area contributed by atoms with Gasteiger partial charge in [0, 0.05) is 18.6 Å². The molecule has 1 N–H and O–H groups in total. The molecule has 1 saturated carbocycles. The van der Waals surface area contributed by atoms with Gasteiger partial charge in [-0.1, -0.05) is 17.9 Å². The SMILES string of the molecule is OCCCC#Cc1cccc(OC2CC2)c1. The van der Waals surface area contributed by atoms with Gasteiger partial charge in [0.15, 0.2) is 0 Å². The molecule has 0 spiro atoms. The first-order chi connectivity index (χ1) is 7.88. The summed E-state index contributed by atoms with van der Waals surface area (Å²) < 4.78 is 5.69. The van der Waals surface area contributed by atoms with E-state index < -0.39 is 0 Å². The first kappa shape index (κ1) is 11.0. The maximum Gasteiger partial charge on any atom is 0.120 e. The average Bonchev–Trinajstić information content (AvgIpc) is 3.09. The smallest absolute Gasteiger partial charge is 0.120 e.